The molecule has 0 bridgehead atoms. The molecule has 0 spiro atoms. The van der Waals surface area contributed by atoms with E-state index < -0.39 is 5.97 Å². The molecule has 0 aliphatic heterocycles. The maximum absolute atomic E-state index is 13.1. The summed E-state index contributed by atoms with van der Waals surface area (Å²) in [6, 6.07) is 15.2. The number of anilines is 1. The van der Waals surface area contributed by atoms with Crippen LogP contribution < -0.4 is 5.32 Å². The van der Waals surface area contributed by atoms with Crippen molar-refractivity contribution in [2.45, 2.75) is 6.61 Å². The number of nitrogens with one attached hydrogen (secondary N) is 1. The summed E-state index contributed by atoms with van der Waals surface area (Å²) in [5, 5.41) is 2.65. The van der Waals surface area contributed by atoms with Crippen molar-refractivity contribution < 1.29 is 23.1 Å². The van der Waals surface area contributed by atoms with Gasteiger partial charge in [0.05, 0.1) is 11.8 Å². The molecule has 1 N–H and O–H groups in total. The molecule has 25 heavy (non-hydrogen) atoms. The number of benzene rings is 2. The van der Waals surface area contributed by atoms with Gasteiger partial charge in [-0.3, -0.25) is 4.79 Å². The Morgan fingerprint density at radius 1 is 1.04 bits per heavy atom. The summed E-state index contributed by atoms with van der Waals surface area (Å²) in [7, 11) is 0. The SMILES string of the molecule is O=C(OCc1cccc(F)c1)c1ccc(NC(=O)c2ccco2)cc1. The van der Waals surface area contributed by atoms with Gasteiger partial charge in [0.1, 0.15) is 12.4 Å². The largest absolute Gasteiger partial charge is 0.459 e. The van der Waals surface area contributed by atoms with Gasteiger partial charge in [0.2, 0.25) is 0 Å². The van der Waals surface area contributed by atoms with E-state index in [4.69, 9.17) is 9.15 Å². The molecule has 0 fully saturated rings. The van der Waals surface area contributed by atoms with Crippen molar-refractivity contribution in [1.82, 2.24) is 0 Å². The molecule has 0 atom stereocenters. The Labute approximate surface area is 143 Å². The van der Waals surface area contributed by atoms with E-state index in [0.29, 0.717) is 16.8 Å². The fourth-order valence-electron chi connectivity index (χ4n) is 2.15. The highest BCUT2D eigenvalue weighted by Crippen LogP contribution is 2.13. The lowest BCUT2D eigenvalue weighted by Crippen LogP contribution is -2.11. The molecule has 3 aromatic rings. The Balaban J connectivity index is 1.58. The van der Waals surface area contributed by atoms with Gasteiger partial charge in [-0.1, -0.05) is 12.1 Å². The van der Waals surface area contributed by atoms with Crippen molar-refractivity contribution in [3.05, 3.63) is 89.6 Å². The topological polar surface area (TPSA) is 68.5 Å². The second-order valence-corrected chi connectivity index (χ2v) is 5.21. The summed E-state index contributed by atoms with van der Waals surface area (Å²) in [6.07, 6.45) is 1.41. The van der Waals surface area contributed by atoms with Gasteiger partial charge in [0.15, 0.2) is 5.76 Å². The minimum atomic E-state index is -0.534. The molecule has 3 rings (SSSR count). The molecule has 6 heteroatoms. The van der Waals surface area contributed by atoms with Gasteiger partial charge in [-0.05, 0) is 54.1 Å². The van der Waals surface area contributed by atoms with E-state index >= 15 is 0 Å². The second kappa shape index (κ2) is 7.44. The van der Waals surface area contributed by atoms with Crippen molar-refractivity contribution in [3.8, 4) is 0 Å². The molecule has 0 unspecified atom stereocenters. The van der Waals surface area contributed by atoms with Gasteiger partial charge in [-0.2, -0.15) is 0 Å². The highest BCUT2D eigenvalue weighted by molar-refractivity contribution is 6.02. The number of hydrogen-bond acceptors (Lipinski definition) is 4. The first-order valence-corrected chi connectivity index (χ1v) is 7.48. The van der Waals surface area contributed by atoms with Crippen LogP contribution in [0.3, 0.4) is 0 Å². The third-order valence-corrected chi connectivity index (χ3v) is 3.38. The first kappa shape index (κ1) is 16.4. The van der Waals surface area contributed by atoms with Gasteiger partial charge < -0.3 is 14.5 Å². The van der Waals surface area contributed by atoms with Crippen molar-refractivity contribution >= 4 is 17.6 Å². The van der Waals surface area contributed by atoms with Crippen LogP contribution in [0.5, 0.6) is 0 Å². The predicted molar refractivity (Wildman–Crippen MR) is 88.6 cm³/mol. The molecule has 1 heterocycles. The molecule has 0 aliphatic rings. The summed E-state index contributed by atoms with van der Waals surface area (Å²) in [4.78, 5) is 23.9. The van der Waals surface area contributed by atoms with E-state index in [1.54, 1.807) is 36.4 Å². The third-order valence-electron chi connectivity index (χ3n) is 3.38. The number of amides is 1. The molecule has 0 saturated heterocycles. The number of carbonyl (C=O) groups is 2. The van der Waals surface area contributed by atoms with Gasteiger partial charge in [-0.15, -0.1) is 0 Å². The fraction of sp³-hybridized carbons (Fsp3) is 0.0526. The van der Waals surface area contributed by atoms with Gasteiger partial charge in [0, 0.05) is 5.69 Å². The summed E-state index contributed by atoms with van der Waals surface area (Å²) < 4.78 is 23.2. The van der Waals surface area contributed by atoms with Crippen molar-refractivity contribution in [1.29, 1.82) is 0 Å². The van der Waals surface area contributed by atoms with Crippen LogP contribution in [-0.4, -0.2) is 11.9 Å². The van der Waals surface area contributed by atoms with E-state index in [2.05, 4.69) is 5.32 Å². The van der Waals surface area contributed by atoms with Crippen molar-refractivity contribution in [3.63, 3.8) is 0 Å². The molecular formula is C19H14FNO4. The molecule has 2 aromatic carbocycles. The average molecular weight is 339 g/mol. The van der Waals surface area contributed by atoms with E-state index in [1.807, 2.05) is 0 Å². The zero-order valence-corrected chi connectivity index (χ0v) is 13.1. The second-order valence-electron chi connectivity index (χ2n) is 5.21. The summed E-state index contributed by atoms with van der Waals surface area (Å²) in [6.45, 7) is -0.0203. The maximum atomic E-state index is 13.1. The Kier molecular flexibility index (Phi) is 4.89. The lowest BCUT2D eigenvalue weighted by Gasteiger charge is -2.07. The van der Waals surface area contributed by atoms with E-state index in [0.717, 1.165) is 0 Å². The highest BCUT2D eigenvalue weighted by Gasteiger charge is 2.11. The van der Waals surface area contributed by atoms with Gasteiger partial charge in [-0.25, -0.2) is 9.18 Å². The van der Waals surface area contributed by atoms with Crippen LogP contribution in [0, 0.1) is 5.82 Å². The Bertz CT molecular complexity index is 873. The number of esters is 1. The summed E-state index contributed by atoms with van der Waals surface area (Å²) >= 11 is 0. The first-order chi connectivity index (χ1) is 12.1. The van der Waals surface area contributed by atoms with Crippen LogP contribution in [0.2, 0.25) is 0 Å². The monoisotopic (exact) mass is 339 g/mol. The van der Waals surface area contributed by atoms with E-state index in [9.17, 15) is 14.0 Å². The van der Waals surface area contributed by atoms with E-state index in [-0.39, 0.29) is 24.1 Å². The Hall–Kier alpha value is -3.41. The van der Waals surface area contributed by atoms with Gasteiger partial charge in [0.25, 0.3) is 5.91 Å². The normalized spacial score (nSPS) is 10.3. The first-order valence-electron chi connectivity index (χ1n) is 7.48. The number of halogens is 1. The molecule has 0 aliphatic carbocycles. The minimum absolute atomic E-state index is 0.0203. The highest BCUT2D eigenvalue weighted by atomic mass is 19.1. The smallest absolute Gasteiger partial charge is 0.338 e. The minimum Gasteiger partial charge on any atom is -0.459 e. The van der Waals surface area contributed by atoms with Crippen molar-refractivity contribution in [2.75, 3.05) is 5.32 Å². The molecule has 126 valence electrons. The predicted octanol–water partition coefficient (Wildman–Crippen LogP) is 4.03. The number of hydrogen-bond donors (Lipinski definition) is 1. The van der Waals surface area contributed by atoms with E-state index in [1.165, 1.54) is 30.5 Å². The van der Waals surface area contributed by atoms with Crippen LogP contribution in [0.25, 0.3) is 0 Å². The average Bonchev–Trinajstić information content (AvgIpc) is 3.15. The lowest BCUT2D eigenvalue weighted by molar-refractivity contribution is 0.0472. The van der Waals surface area contributed by atoms with Gasteiger partial charge >= 0.3 is 5.97 Å². The lowest BCUT2D eigenvalue weighted by atomic mass is 10.2. The number of ether oxygens (including phenoxy) is 1. The van der Waals surface area contributed by atoms with Crippen LogP contribution in [0.4, 0.5) is 10.1 Å². The number of furan rings is 1. The molecule has 0 radical (unpaired) electrons. The number of rotatable bonds is 5. The zero-order chi connectivity index (χ0) is 17.6. The Morgan fingerprint density at radius 2 is 1.84 bits per heavy atom. The molecule has 0 saturated carbocycles. The van der Waals surface area contributed by atoms with Crippen molar-refractivity contribution in [2.24, 2.45) is 0 Å². The summed E-state index contributed by atoms with van der Waals surface area (Å²) in [5.74, 6) is -1.11. The maximum Gasteiger partial charge on any atom is 0.338 e. The third kappa shape index (κ3) is 4.32. The van der Waals surface area contributed by atoms with Crippen LogP contribution in [0.15, 0.2) is 71.3 Å². The molecule has 1 amide bonds. The number of carbonyl (C=O) groups excluding carboxylic acids is 2. The zero-order valence-electron chi connectivity index (χ0n) is 13.1. The molecular weight excluding hydrogens is 325 g/mol. The Morgan fingerprint density at radius 3 is 2.52 bits per heavy atom. The van der Waals surface area contributed by atoms with Crippen LogP contribution in [-0.2, 0) is 11.3 Å². The quantitative estimate of drug-likeness (QED) is 0.713. The fourth-order valence-corrected chi connectivity index (χ4v) is 2.15. The molecule has 1 aromatic heterocycles. The molecule has 5 nitrogen and oxygen atoms in total. The standard InChI is InChI=1S/C19H14FNO4/c20-15-4-1-3-13(11-15)12-25-19(23)14-6-8-16(9-7-14)21-18(22)17-5-2-10-24-17/h1-11H,12H2,(H,21,22). The summed E-state index contributed by atoms with van der Waals surface area (Å²) in [5.41, 5.74) is 1.41. The van der Waals surface area contributed by atoms with Crippen LogP contribution >= 0.6 is 0 Å². The van der Waals surface area contributed by atoms with Crippen LogP contribution in [0.1, 0.15) is 26.5 Å².